The van der Waals surface area contributed by atoms with Gasteiger partial charge in [-0.15, -0.1) is 0 Å². The predicted octanol–water partition coefficient (Wildman–Crippen LogP) is 6.20. The van der Waals surface area contributed by atoms with Crippen LogP contribution in [0.25, 0.3) is 44.2 Å². The summed E-state index contributed by atoms with van der Waals surface area (Å²) in [5, 5.41) is 4.06. The fourth-order valence-corrected chi connectivity index (χ4v) is 5.04. The van der Waals surface area contributed by atoms with Crippen molar-refractivity contribution in [2.24, 2.45) is 7.05 Å². The van der Waals surface area contributed by atoms with Gasteiger partial charge in [0.25, 0.3) is 0 Å². The number of rotatable bonds is 5. The van der Waals surface area contributed by atoms with Crippen LogP contribution in [0.15, 0.2) is 78.2 Å². The Balaban J connectivity index is 1.47. The average Bonchev–Trinajstić information content (AvgIpc) is 3.26. The summed E-state index contributed by atoms with van der Waals surface area (Å²) in [4.78, 5) is 26.5. The van der Waals surface area contributed by atoms with Gasteiger partial charge in [-0.05, 0) is 55.8 Å². The molecule has 0 radical (unpaired) electrons. The number of nitrogen functional groups attached to an aromatic ring is 1. The molecule has 3 N–H and O–H groups in total. The molecule has 2 aromatic carbocycles. The van der Waals surface area contributed by atoms with E-state index in [1.165, 1.54) is 24.5 Å². The molecule has 0 aliphatic carbocycles. The van der Waals surface area contributed by atoms with Crippen molar-refractivity contribution in [3.8, 4) is 22.3 Å². The fourth-order valence-electron chi connectivity index (χ4n) is 5.04. The zero-order chi connectivity index (χ0) is 28.1. The highest BCUT2D eigenvalue weighted by molar-refractivity contribution is 6.01. The molecule has 0 spiro atoms. The quantitative estimate of drug-likeness (QED) is 0.272. The molecule has 8 nitrogen and oxygen atoms in total. The van der Waals surface area contributed by atoms with Crippen LogP contribution in [0.2, 0.25) is 0 Å². The Morgan fingerprint density at radius 1 is 0.900 bits per heavy atom. The lowest BCUT2D eigenvalue weighted by atomic mass is 10.0. The zero-order valence-electron chi connectivity index (χ0n) is 22.0. The van der Waals surface area contributed by atoms with Gasteiger partial charge in [0.15, 0.2) is 0 Å². The van der Waals surface area contributed by atoms with Crippen LogP contribution in [0.3, 0.4) is 0 Å². The van der Waals surface area contributed by atoms with Crippen molar-refractivity contribution < 1.29 is 8.78 Å². The minimum Gasteiger partial charge on any atom is -0.383 e. The Bertz CT molecular complexity index is 1980. The van der Waals surface area contributed by atoms with Gasteiger partial charge in [-0.1, -0.05) is 12.1 Å². The summed E-state index contributed by atoms with van der Waals surface area (Å²) in [5.41, 5.74) is 9.42. The monoisotopic (exact) mass is 537 g/mol. The Kier molecular flexibility index (Phi) is 6.02. The third-order valence-electron chi connectivity index (χ3n) is 6.96. The summed E-state index contributed by atoms with van der Waals surface area (Å²) in [5.74, 6) is -0.328. The molecular weight excluding hydrogens is 512 g/mol. The molecule has 0 unspecified atom stereocenters. The molecule has 0 bridgehead atoms. The van der Waals surface area contributed by atoms with Crippen molar-refractivity contribution in [3.63, 3.8) is 0 Å². The van der Waals surface area contributed by atoms with Crippen molar-refractivity contribution in [2.75, 3.05) is 11.1 Å². The van der Waals surface area contributed by atoms with Crippen molar-refractivity contribution in [1.29, 1.82) is 0 Å². The molecule has 4 heterocycles. The number of fused-ring (bicyclic) bond motifs is 2. The van der Waals surface area contributed by atoms with Crippen molar-refractivity contribution in [3.05, 3.63) is 95.3 Å². The Morgan fingerprint density at radius 2 is 1.68 bits per heavy atom. The number of halogens is 2. The summed E-state index contributed by atoms with van der Waals surface area (Å²) in [6, 6.07) is 12.3. The van der Waals surface area contributed by atoms with Gasteiger partial charge in [0.1, 0.15) is 35.2 Å². The first-order valence-corrected chi connectivity index (χ1v) is 12.6. The van der Waals surface area contributed by atoms with E-state index in [1.54, 1.807) is 53.5 Å². The van der Waals surface area contributed by atoms with Gasteiger partial charge in [-0.3, -0.25) is 4.79 Å². The van der Waals surface area contributed by atoms with E-state index in [4.69, 9.17) is 5.73 Å². The SMILES string of the molecule is CC(C)n1cc(-c2ccc(F)cc2)c(=O)c2c(Nc3ccc(-c4cn(C)c5ncnc(N)c45)c(F)c3)nccc21. The first-order valence-electron chi connectivity index (χ1n) is 12.6. The van der Waals surface area contributed by atoms with Crippen LogP contribution in [-0.4, -0.2) is 24.1 Å². The molecule has 10 heteroatoms. The fraction of sp³-hybridized carbons (Fsp3) is 0.133. The highest BCUT2D eigenvalue weighted by Crippen LogP contribution is 2.35. The lowest BCUT2D eigenvalue weighted by molar-refractivity contribution is 0.618. The van der Waals surface area contributed by atoms with Crippen LogP contribution < -0.4 is 16.5 Å². The smallest absolute Gasteiger partial charge is 0.200 e. The van der Waals surface area contributed by atoms with Gasteiger partial charge >= 0.3 is 0 Å². The first-order chi connectivity index (χ1) is 19.2. The summed E-state index contributed by atoms with van der Waals surface area (Å²) >= 11 is 0. The van der Waals surface area contributed by atoms with Crippen molar-refractivity contribution >= 4 is 39.3 Å². The van der Waals surface area contributed by atoms with E-state index >= 15 is 4.39 Å². The second kappa shape index (κ2) is 9.57. The molecule has 0 aliphatic heterocycles. The van der Waals surface area contributed by atoms with Crippen LogP contribution in [0.5, 0.6) is 0 Å². The van der Waals surface area contributed by atoms with E-state index in [0.29, 0.717) is 49.9 Å². The largest absolute Gasteiger partial charge is 0.383 e. The van der Waals surface area contributed by atoms with E-state index < -0.39 is 5.82 Å². The van der Waals surface area contributed by atoms with Gasteiger partial charge < -0.3 is 20.2 Å². The molecule has 0 aliphatic rings. The van der Waals surface area contributed by atoms with Gasteiger partial charge in [-0.2, -0.15) is 0 Å². The molecule has 6 aromatic rings. The van der Waals surface area contributed by atoms with E-state index in [-0.39, 0.29) is 28.9 Å². The standard InChI is InChI=1S/C30H25F2N7O/c1-16(2)39-14-21(17-4-6-18(31)7-5-17)27(40)26-24(39)10-11-34-29(26)37-19-8-9-20(23(32)12-19)22-13-38(3)30-25(22)28(33)35-15-36-30/h4-16H,1-3H3,(H,34,37)(H2,33,35,36). The summed E-state index contributed by atoms with van der Waals surface area (Å²) in [6.07, 6.45) is 6.51. The lowest BCUT2D eigenvalue weighted by Gasteiger charge is -2.19. The topological polar surface area (TPSA) is 104 Å². The summed E-state index contributed by atoms with van der Waals surface area (Å²) in [7, 11) is 1.81. The first kappa shape index (κ1) is 25.2. The predicted molar refractivity (Wildman–Crippen MR) is 153 cm³/mol. The Hall–Kier alpha value is -5.12. The van der Waals surface area contributed by atoms with Crippen molar-refractivity contribution in [2.45, 2.75) is 19.9 Å². The summed E-state index contributed by atoms with van der Waals surface area (Å²) in [6.45, 7) is 4.01. The van der Waals surface area contributed by atoms with Crippen LogP contribution in [0.4, 0.5) is 26.1 Å². The van der Waals surface area contributed by atoms with E-state index in [1.807, 2.05) is 25.5 Å². The number of hydrogen-bond donors (Lipinski definition) is 2. The number of hydrogen-bond acceptors (Lipinski definition) is 6. The molecule has 0 saturated heterocycles. The maximum Gasteiger partial charge on any atom is 0.200 e. The van der Waals surface area contributed by atoms with Crippen LogP contribution in [0, 0.1) is 11.6 Å². The Labute approximate surface area is 227 Å². The number of anilines is 3. The zero-order valence-corrected chi connectivity index (χ0v) is 22.0. The second-order valence-corrected chi connectivity index (χ2v) is 9.86. The number of nitrogens with one attached hydrogen (secondary N) is 1. The molecule has 200 valence electrons. The summed E-state index contributed by atoms with van der Waals surface area (Å²) < 4.78 is 32.9. The number of benzene rings is 2. The molecule has 4 aromatic heterocycles. The molecule has 40 heavy (non-hydrogen) atoms. The number of nitrogens with zero attached hydrogens (tertiary/aromatic N) is 5. The maximum atomic E-state index is 15.5. The number of aryl methyl sites for hydroxylation is 1. The molecule has 6 rings (SSSR count). The van der Waals surface area contributed by atoms with Gasteiger partial charge in [0, 0.05) is 54.1 Å². The van der Waals surface area contributed by atoms with Gasteiger partial charge in [0.05, 0.1) is 16.3 Å². The van der Waals surface area contributed by atoms with Gasteiger partial charge in [-0.25, -0.2) is 23.7 Å². The van der Waals surface area contributed by atoms with Crippen LogP contribution >= 0.6 is 0 Å². The van der Waals surface area contributed by atoms with Crippen molar-refractivity contribution in [1.82, 2.24) is 24.1 Å². The number of nitrogens with two attached hydrogens (primary N) is 1. The van der Waals surface area contributed by atoms with E-state index in [9.17, 15) is 9.18 Å². The molecule has 0 amide bonds. The van der Waals surface area contributed by atoms with E-state index in [2.05, 4.69) is 20.3 Å². The molecule has 0 saturated carbocycles. The number of aromatic nitrogens is 5. The minimum absolute atomic E-state index is 0.0198. The normalized spacial score (nSPS) is 11.6. The molecular formula is C30H25F2N7O. The highest BCUT2D eigenvalue weighted by atomic mass is 19.1. The molecule has 0 atom stereocenters. The third kappa shape index (κ3) is 4.14. The van der Waals surface area contributed by atoms with E-state index in [0.717, 1.165) is 0 Å². The van der Waals surface area contributed by atoms with Gasteiger partial charge in [0.2, 0.25) is 5.43 Å². The highest BCUT2D eigenvalue weighted by Gasteiger charge is 2.19. The lowest BCUT2D eigenvalue weighted by Crippen LogP contribution is -2.15. The Morgan fingerprint density at radius 3 is 2.40 bits per heavy atom. The minimum atomic E-state index is -0.493. The third-order valence-corrected chi connectivity index (χ3v) is 6.96. The van der Waals surface area contributed by atoms with Crippen LogP contribution in [-0.2, 0) is 7.05 Å². The number of pyridine rings is 2. The molecule has 0 fully saturated rings. The second-order valence-electron chi connectivity index (χ2n) is 9.86. The maximum absolute atomic E-state index is 15.5. The van der Waals surface area contributed by atoms with Crippen LogP contribution in [0.1, 0.15) is 19.9 Å². The average molecular weight is 538 g/mol.